The molecule has 2 aliphatic rings. The van der Waals surface area contributed by atoms with Crippen molar-refractivity contribution >= 4 is 11.8 Å². The maximum atomic E-state index is 11.9. The Morgan fingerprint density at radius 1 is 1.47 bits per heavy atom. The van der Waals surface area contributed by atoms with Crippen molar-refractivity contribution in [2.45, 2.75) is 0 Å². The Morgan fingerprint density at radius 3 is 2.76 bits per heavy atom. The van der Waals surface area contributed by atoms with Gasteiger partial charge < -0.3 is 19.9 Å². The highest BCUT2D eigenvalue weighted by molar-refractivity contribution is 5.87. The van der Waals surface area contributed by atoms with E-state index in [0.29, 0.717) is 26.2 Å². The van der Waals surface area contributed by atoms with Gasteiger partial charge in [0.15, 0.2) is 0 Å². The first-order valence-electron chi connectivity index (χ1n) is 5.98. The number of carbonyl (C=O) groups is 2. The van der Waals surface area contributed by atoms with E-state index in [-0.39, 0.29) is 24.3 Å². The highest BCUT2D eigenvalue weighted by Crippen LogP contribution is 2.11. The number of amides is 2. The van der Waals surface area contributed by atoms with Gasteiger partial charge in [-0.15, -0.1) is 0 Å². The molecule has 0 aromatic heterocycles. The molecule has 0 spiro atoms. The number of nitrogens with one attached hydrogen (secondary N) is 1. The summed E-state index contributed by atoms with van der Waals surface area (Å²) < 4.78 is 4.95. The van der Waals surface area contributed by atoms with Gasteiger partial charge in [0.1, 0.15) is 0 Å². The minimum absolute atomic E-state index is 0.0222. The maximum absolute atomic E-state index is 11.9. The first kappa shape index (κ1) is 12.3. The zero-order valence-electron chi connectivity index (χ0n) is 10.1. The van der Waals surface area contributed by atoms with E-state index in [4.69, 9.17) is 4.74 Å². The second kappa shape index (κ2) is 5.46. The fourth-order valence-corrected chi connectivity index (χ4v) is 2.06. The second-order valence-electron chi connectivity index (χ2n) is 4.49. The average Bonchev–Trinajstić information content (AvgIpc) is 2.25. The Kier molecular flexibility index (Phi) is 3.96. The van der Waals surface area contributed by atoms with Crippen molar-refractivity contribution in [1.82, 2.24) is 15.1 Å². The Morgan fingerprint density at radius 2 is 2.24 bits per heavy atom. The zero-order chi connectivity index (χ0) is 12.3. The Bertz CT molecular complexity index is 304. The molecule has 2 aliphatic heterocycles. The molecule has 0 atom stereocenters. The minimum Gasteiger partial charge on any atom is -0.383 e. The van der Waals surface area contributed by atoms with Crippen LogP contribution < -0.4 is 5.32 Å². The van der Waals surface area contributed by atoms with E-state index in [1.54, 1.807) is 16.9 Å². The molecule has 6 nitrogen and oxygen atoms in total. The van der Waals surface area contributed by atoms with Gasteiger partial charge >= 0.3 is 0 Å². The smallest absolute Gasteiger partial charge is 0.242 e. The number of rotatable bonds is 4. The van der Waals surface area contributed by atoms with Crippen molar-refractivity contribution in [3.05, 3.63) is 0 Å². The lowest BCUT2D eigenvalue weighted by Crippen LogP contribution is -2.58. The van der Waals surface area contributed by atoms with Crippen LogP contribution in [0.3, 0.4) is 0 Å². The highest BCUT2D eigenvalue weighted by Gasteiger charge is 2.33. The van der Waals surface area contributed by atoms with Gasteiger partial charge in [-0.1, -0.05) is 0 Å². The van der Waals surface area contributed by atoms with Crippen LogP contribution in [0.4, 0.5) is 0 Å². The molecule has 6 heteroatoms. The van der Waals surface area contributed by atoms with E-state index in [1.807, 2.05) is 0 Å². The Labute approximate surface area is 101 Å². The number of carbonyl (C=O) groups excluding carboxylic acids is 2. The van der Waals surface area contributed by atoms with E-state index in [0.717, 1.165) is 13.1 Å². The molecule has 2 rings (SSSR count). The fraction of sp³-hybridized carbons (Fsp3) is 0.818. The maximum Gasteiger partial charge on any atom is 0.242 e. The van der Waals surface area contributed by atoms with Crippen LogP contribution in [-0.2, 0) is 14.3 Å². The van der Waals surface area contributed by atoms with Crippen molar-refractivity contribution in [2.75, 3.05) is 53.0 Å². The van der Waals surface area contributed by atoms with Gasteiger partial charge in [-0.3, -0.25) is 9.59 Å². The van der Waals surface area contributed by atoms with E-state index in [1.165, 1.54) is 0 Å². The van der Waals surface area contributed by atoms with Gasteiger partial charge in [-0.05, 0) is 0 Å². The third-order valence-electron chi connectivity index (χ3n) is 3.33. The number of hydrogen-bond acceptors (Lipinski definition) is 4. The molecule has 2 amide bonds. The third-order valence-corrected chi connectivity index (χ3v) is 3.33. The number of piperazine rings is 1. The number of ether oxygens (including phenoxy) is 1. The Hall–Kier alpha value is -1.14. The van der Waals surface area contributed by atoms with Gasteiger partial charge in [0.2, 0.25) is 11.8 Å². The van der Waals surface area contributed by atoms with Crippen LogP contribution in [0.1, 0.15) is 0 Å². The summed E-state index contributed by atoms with van der Waals surface area (Å²) >= 11 is 0. The molecule has 0 saturated carbocycles. The molecule has 0 aromatic carbocycles. The molecular formula is C11H19N3O3. The predicted octanol–water partition coefficient (Wildman–Crippen LogP) is -1.48. The lowest BCUT2D eigenvalue weighted by Gasteiger charge is -2.37. The third kappa shape index (κ3) is 2.76. The summed E-state index contributed by atoms with van der Waals surface area (Å²) in [5, 5.41) is 3.07. The summed E-state index contributed by atoms with van der Waals surface area (Å²) in [4.78, 5) is 27.2. The van der Waals surface area contributed by atoms with Crippen LogP contribution in [0.5, 0.6) is 0 Å². The van der Waals surface area contributed by atoms with Crippen molar-refractivity contribution in [3.8, 4) is 0 Å². The largest absolute Gasteiger partial charge is 0.383 e. The van der Waals surface area contributed by atoms with E-state index < -0.39 is 0 Å². The van der Waals surface area contributed by atoms with Crippen LogP contribution in [0.25, 0.3) is 0 Å². The first-order chi connectivity index (χ1) is 8.22. The van der Waals surface area contributed by atoms with Gasteiger partial charge in [-0.2, -0.15) is 0 Å². The van der Waals surface area contributed by atoms with Gasteiger partial charge in [0.05, 0.1) is 19.1 Å². The second-order valence-corrected chi connectivity index (χ2v) is 4.49. The summed E-state index contributed by atoms with van der Waals surface area (Å²) in [6.07, 6.45) is 0. The summed E-state index contributed by atoms with van der Waals surface area (Å²) in [6.45, 7) is 4.14. The van der Waals surface area contributed by atoms with Crippen molar-refractivity contribution in [1.29, 1.82) is 0 Å². The summed E-state index contributed by atoms with van der Waals surface area (Å²) in [7, 11) is 1.62. The molecule has 2 saturated heterocycles. The van der Waals surface area contributed by atoms with Gasteiger partial charge in [-0.25, -0.2) is 0 Å². The number of hydrogen-bond donors (Lipinski definition) is 1. The molecular weight excluding hydrogens is 222 g/mol. The zero-order valence-corrected chi connectivity index (χ0v) is 10.1. The molecule has 2 heterocycles. The van der Waals surface area contributed by atoms with E-state index in [9.17, 15) is 9.59 Å². The molecule has 0 radical (unpaired) electrons. The molecule has 0 aromatic rings. The quantitative estimate of drug-likeness (QED) is 0.652. The summed E-state index contributed by atoms with van der Waals surface area (Å²) in [6, 6.07) is 0. The Balaban J connectivity index is 1.81. The van der Waals surface area contributed by atoms with Crippen molar-refractivity contribution in [2.24, 2.45) is 5.92 Å². The fourth-order valence-electron chi connectivity index (χ4n) is 2.06. The van der Waals surface area contributed by atoms with Crippen LogP contribution in [-0.4, -0.2) is 74.6 Å². The molecule has 96 valence electrons. The molecule has 0 unspecified atom stereocenters. The van der Waals surface area contributed by atoms with Crippen LogP contribution >= 0.6 is 0 Å². The summed E-state index contributed by atoms with van der Waals surface area (Å²) in [5.41, 5.74) is 0. The lowest BCUT2D eigenvalue weighted by atomic mass is 10.0. The monoisotopic (exact) mass is 241 g/mol. The van der Waals surface area contributed by atoms with Gasteiger partial charge in [0.25, 0.3) is 0 Å². The highest BCUT2D eigenvalue weighted by atomic mass is 16.5. The predicted molar refractivity (Wildman–Crippen MR) is 61.4 cm³/mol. The lowest BCUT2D eigenvalue weighted by molar-refractivity contribution is -0.148. The first-order valence-corrected chi connectivity index (χ1v) is 5.98. The SMILES string of the molecule is COCCN1CCN(C(=O)C2CNC2)CC1=O. The normalized spacial score (nSPS) is 21.6. The van der Waals surface area contributed by atoms with Crippen LogP contribution in [0.2, 0.25) is 0 Å². The molecule has 2 fully saturated rings. The number of methoxy groups -OCH3 is 1. The molecule has 0 aliphatic carbocycles. The number of nitrogens with zero attached hydrogens (tertiary/aromatic N) is 2. The molecule has 17 heavy (non-hydrogen) atoms. The van der Waals surface area contributed by atoms with Crippen molar-refractivity contribution < 1.29 is 14.3 Å². The van der Waals surface area contributed by atoms with Crippen LogP contribution in [0, 0.1) is 5.92 Å². The average molecular weight is 241 g/mol. The molecule has 1 N–H and O–H groups in total. The summed E-state index contributed by atoms with van der Waals surface area (Å²) in [5.74, 6) is 0.214. The standard InChI is InChI=1S/C11H19N3O3/c1-17-5-4-13-2-3-14(8-10(13)15)11(16)9-6-12-7-9/h9,12H,2-8H2,1H3. The van der Waals surface area contributed by atoms with Crippen LogP contribution in [0.15, 0.2) is 0 Å². The van der Waals surface area contributed by atoms with Gasteiger partial charge in [0, 0.05) is 39.8 Å². The minimum atomic E-state index is 0.0222. The molecule has 0 bridgehead atoms. The van der Waals surface area contributed by atoms with E-state index in [2.05, 4.69) is 5.32 Å². The van der Waals surface area contributed by atoms with E-state index >= 15 is 0 Å². The van der Waals surface area contributed by atoms with Crippen molar-refractivity contribution in [3.63, 3.8) is 0 Å². The topological polar surface area (TPSA) is 61.9 Å².